The fraction of sp³-hybridized carbons (Fsp3) is 0.875. The van der Waals surface area contributed by atoms with Crippen LogP contribution in [0.15, 0.2) is 0 Å². The lowest BCUT2D eigenvalue weighted by Gasteiger charge is -2.13. The Labute approximate surface area is 63.9 Å². The third kappa shape index (κ3) is 4.77. The molecule has 0 amide bonds. The predicted octanol–water partition coefficient (Wildman–Crippen LogP) is 2.27. The molecule has 0 saturated carbocycles. The highest BCUT2D eigenvalue weighted by Gasteiger charge is 2.02. The first kappa shape index (κ1) is 9.92. The fourth-order valence-electron chi connectivity index (χ4n) is 0.833. The summed E-state index contributed by atoms with van der Waals surface area (Å²) in [6.45, 7) is 8.02. The van der Waals surface area contributed by atoms with Crippen molar-refractivity contribution in [1.29, 1.82) is 0 Å². The van der Waals surface area contributed by atoms with Gasteiger partial charge in [-0.1, -0.05) is 20.3 Å². The number of rotatable bonds is 6. The zero-order valence-corrected chi connectivity index (χ0v) is 7.18. The van der Waals surface area contributed by atoms with E-state index in [1.165, 1.54) is 6.42 Å². The third-order valence-electron chi connectivity index (χ3n) is 1.42. The molecule has 61 valence electrons. The zero-order valence-electron chi connectivity index (χ0n) is 7.18. The molecule has 10 heavy (non-hydrogen) atoms. The van der Waals surface area contributed by atoms with Gasteiger partial charge in [-0.3, -0.25) is 4.84 Å². The monoisotopic (exact) mass is 144 g/mol. The molecule has 0 rings (SSSR count). The maximum Gasteiger partial charge on any atom is 0.0787 e. The number of hydrogen-bond acceptors (Lipinski definition) is 2. The fourth-order valence-corrected chi connectivity index (χ4v) is 0.833. The van der Waals surface area contributed by atoms with Gasteiger partial charge >= 0.3 is 0 Å². The van der Waals surface area contributed by atoms with Crippen molar-refractivity contribution in [3.05, 3.63) is 6.54 Å². The summed E-state index contributed by atoms with van der Waals surface area (Å²) in [5.74, 6) is 0. The third-order valence-corrected chi connectivity index (χ3v) is 1.42. The van der Waals surface area contributed by atoms with Crippen molar-refractivity contribution in [1.82, 2.24) is 5.48 Å². The molecule has 0 aromatic rings. The highest BCUT2D eigenvalue weighted by Crippen LogP contribution is 2.03. The maximum atomic E-state index is 5.28. The highest BCUT2D eigenvalue weighted by atomic mass is 16.7. The zero-order chi connectivity index (χ0) is 7.82. The van der Waals surface area contributed by atoms with E-state index < -0.39 is 0 Å². The molecule has 0 heterocycles. The molecule has 0 fully saturated rings. The van der Waals surface area contributed by atoms with E-state index in [1.54, 1.807) is 6.54 Å². The molecule has 0 spiro atoms. The Balaban J connectivity index is 3.21. The molecule has 2 heteroatoms. The van der Waals surface area contributed by atoms with Crippen LogP contribution < -0.4 is 5.48 Å². The molecule has 0 aromatic heterocycles. The minimum absolute atomic E-state index is 0.376. The quantitative estimate of drug-likeness (QED) is 0.577. The number of hydroxylamine groups is 1. The standard InChI is InChI=1S/C8H18NO/c1-4-7-8(5-2)10-9-6-3/h6,8-9H,4-5,7H2,1-3H3. The van der Waals surface area contributed by atoms with Crippen molar-refractivity contribution < 1.29 is 4.84 Å². The van der Waals surface area contributed by atoms with Gasteiger partial charge in [0.1, 0.15) is 0 Å². The molecule has 0 aliphatic rings. The Morgan fingerprint density at radius 3 is 2.60 bits per heavy atom. The van der Waals surface area contributed by atoms with Gasteiger partial charge in [-0.15, -0.1) is 0 Å². The van der Waals surface area contributed by atoms with Crippen LogP contribution in [0.2, 0.25) is 0 Å². The number of nitrogens with one attached hydrogen (secondary N) is 1. The van der Waals surface area contributed by atoms with E-state index in [9.17, 15) is 0 Å². The van der Waals surface area contributed by atoms with Gasteiger partial charge in [0.15, 0.2) is 0 Å². The van der Waals surface area contributed by atoms with Crippen LogP contribution in [0.1, 0.15) is 40.0 Å². The van der Waals surface area contributed by atoms with Crippen molar-refractivity contribution in [2.45, 2.75) is 46.1 Å². The minimum atomic E-state index is 0.376. The molecule has 0 aromatic carbocycles. The molecule has 1 radical (unpaired) electrons. The second-order valence-electron chi connectivity index (χ2n) is 2.34. The summed E-state index contributed by atoms with van der Waals surface area (Å²) in [5.41, 5.74) is 2.76. The van der Waals surface area contributed by atoms with Gasteiger partial charge in [0, 0.05) is 6.54 Å². The van der Waals surface area contributed by atoms with Crippen LogP contribution in [0.3, 0.4) is 0 Å². The highest BCUT2D eigenvalue weighted by molar-refractivity contribution is 4.53. The van der Waals surface area contributed by atoms with Crippen LogP contribution >= 0.6 is 0 Å². The van der Waals surface area contributed by atoms with Gasteiger partial charge in [-0.2, -0.15) is 5.48 Å². The lowest BCUT2D eigenvalue weighted by molar-refractivity contribution is -0.0163. The molecule has 0 aliphatic carbocycles. The van der Waals surface area contributed by atoms with E-state index in [2.05, 4.69) is 19.3 Å². The summed E-state index contributed by atoms with van der Waals surface area (Å²) in [5, 5.41) is 0. The second kappa shape index (κ2) is 7.03. The smallest absolute Gasteiger partial charge is 0.0787 e. The minimum Gasteiger partial charge on any atom is -0.298 e. The van der Waals surface area contributed by atoms with Crippen molar-refractivity contribution in [3.8, 4) is 0 Å². The van der Waals surface area contributed by atoms with Crippen molar-refractivity contribution in [3.63, 3.8) is 0 Å². The molecular formula is C8H18NO. The lowest BCUT2D eigenvalue weighted by Crippen LogP contribution is -2.20. The topological polar surface area (TPSA) is 21.3 Å². The Bertz CT molecular complexity index is 66.3. The van der Waals surface area contributed by atoms with E-state index in [0.29, 0.717) is 6.10 Å². The van der Waals surface area contributed by atoms with E-state index in [-0.39, 0.29) is 0 Å². The summed E-state index contributed by atoms with van der Waals surface area (Å²) < 4.78 is 0. The predicted molar refractivity (Wildman–Crippen MR) is 43.2 cm³/mol. The van der Waals surface area contributed by atoms with Crippen LogP contribution in [-0.4, -0.2) is 6.10 Å². The Morgan fingerprint density at radius 2 is 2.20 bits per heavy atom. The summed E-state index contributed by atoms with van der Waals surface area (Å²) >= 11 is 0. The van der Waals surface area contributed by atoms with Crippen LogP contribution in [0.5, 0.6) is 0 Å². The van der Waals surface area contributed by atoms with E-state index in [0.717, 1.165) is 12.8 Å². The molecule has 0 saturated heterocycles. The van der Waals surface area contributed by atoms with Crippen LogP contribution in [0.4, 0.5) is 0 Å². The van der Waals surface area contributed by atoms with Gasteiger partial charge in [-0.05, 0) is 19.8 Å². The van der Waals surface area contributed by atoms with E-state index >= 15 is 0 Å². The summed E-state index contributed by atoms with van der Waals surface area (Å²) in [4.78, 5) is 5.28. The van der Waals surface area contributed by atoms with Crippen molar-refractivity contribution >= 4 is 0 Å². The molecule has 2 nitrogen and oxygen atoms in total. The van der Waals surface area contributed by atoms with Crippen LogP contribution in [0.25, 0.3) is 0 Å². The van der Waals surface area contributed by atoms with Crippen molar-refractivity contribution in [2.75, 3.05) is 0 Å². The van der Waals surface area contributed by atoms with E-state index in [1.807, 2.05) is 6.92 Å². The first-order chi connectivity index (χ1) is 4.85. The molecule has 0 bridgehead atoms. The molecule has 1 unspecified atom stereocenters. The molecular weight excluding hydrogens is 126 g/mol. The van der Waals surface area contributed by atoms with E-state index in [4.69, 9.17) is 4.84 Å². The first-order valence-electron chi connectivity index (χ1n) is 4.04. The second-order valence-corrected chi connectivity index (χ2v) is 2.34. The van der Waals surface area contributed by atoms with Crippen molar-refractivity contribution in [2.24, 2.45) is 0 Å². The lowest BCUT2D eigenvalue weighted by atomic mass is 10.2. The van der Waals surface area contributed by atoms with Gasteiger partial charge in [-0.25, -0.2) is 0 Å². The van der Waals surface area contributed by atoms with Gasteiger partial charge in [0.2, 0.25) is 0 Å². The maximum absolute atomic E-state index is 5.28. The molecule has 0 aliphatic heterocycles. The average Bonchev–Trinajstić information content (AvgIpc) is 1.98. The summed E-state index contributed by atoms with van der Waals surface area (Å²) in [7, 11) is 0. The molecule has 1 atom stereocenters. The average molecular weight is 144 g/mol. The Hall–Kier alpha value is -0.0800. The summed E-state index contributed by atoms with van der Waals surface area (Å²) in [6.07, 6.45) is 3.77. The normalized spacial score (nSPS) is 13.5. The first-order valence-corrected chi connectivity index (χ1v) is 4.04. The Kier molecular flexibility index (Phi) is 6.98. The molecule has 1 N–H and O–H groups in total. The largest absolute Gasteiger partial charge is 0.298 e. The van der Waals surface area contributed by atoms with Gasteiger partial charge in [0.05, 0.1) is 6.10 Å². The number of hydrogen-bond donors (Lipinski definition) is 1. The van der Waals surface area contributed by atoms with Crippen LogP contribution in [-0.2, 0) is 4.84 Å². The van der Waals surface area contributed by atoms with Gasteiger partial charge in [0.25, 0.3) is 0 Å². The summed E-state index contributed by atoms with van der Waals surface area (Å²) in [6, 6.07) is 0. The SMILES string of the molecule is C[CH]NOC(CC)CCC. The van der Waals surface area contributed by atoms with Gasteiger partial charge < -0.3 is 0 Å². The Morgan fingerprint density at radius 1 is 1.50 bits per heavy atom. The van der Waals surface area contributed by atoms with Crippen LogP contribution in [0, 0.1) is 6.54 Å².